The molecule has 0 aromatic carbocycles. The Hall–Kier alpha value is -1.28. The van der Waals surface area contributed by atoms with Gasteiger partial charge in [0.05, 0.1) is 6.61 Å². The van der Waals surface area contributed by atoms with Crippen LogP contribution < -0.4 is 0 Å². The molecule has 0 bridgehead atoms. The van der Waals surface area contributed by atoms with Crippen LogP contribution in [0, 0.1) is 0 Å². The smallest absolute Gasteiger partial charge is 0.265 e. The van der Waals surface area contributed by atoms with Crippen LogP contribution in [0.25, 0.3) is 0 Å². The minimum atomic E-state index is -8.84. The fourth-order valence-electron chi connectivity index (χ4n) is 1.90. The number of unbranched alkanes of at least 4 members (excludes halogenated alkanes) is 2. The molecule has 0 amide bonds. The van der Waals surface area contributed by atoms with E-state index >= 15 is 0 Å². The van der Waals surface area contributed by atoms with Gasteiger partial charge in [-0.05, 0) is 6.42 Å². The molecule has 206 valence electrons. The lowest BCUT2D eigenvalue weighted by molar-refractivity contribution is -0.458. The molecule has 0 N–H and O–H groups in total. The van der Waals surface area contributed by atoms with Gasteiger partial charge in [-0.15, -0.1) is 0 Å². The van der Waals surface area contributed by atoms with Gasteiger partial charge in [0.25, 0.3) is 0 Å². The molecule has 0 aliphatic rings. The van der Waals surface area contributed by atoms with Gasteiger partial charge >= 0.3 is 57.1 Å². The van der Waals surface area contributed by atoms with Gasteiger partial charge in [-0.2, -0.15) is 83.1 Å². The van der Waals surface area contributed by atoms with Crippen molar-refractivity contribution < 1.29 is 87.2 Å². The molecular formula is C13H11F17O3S. The first-order chi connectivity index (χ1) is 14.6. The van der Waals surface area contributed by atoms with Gasteiger partial charge in [0.15, 0.2) is 0 Å². The Labute approximate surface area is 178 Å². The second kappa shape index (κ2) is 8.99. The first-order valence-electron chi connectivity index (χ1n) is 8.16. The summed E-state index contributed by atoms with van der Waals surface area (Å²) in [6.45, 7) is -0.0754. The van der Waals surface area contributed by atoms with Crippen molar-refractivity contribution in [2.24, 2.45) is 0 Å². The maximum absolute atomic E-state index is 13.6. The van der Waals surface area contributed by atoms with E-state index in [1.807, 2.05) is 0 Å². The quantitative estimate of drug-likeness (QED) is 0.153. The molecule has 0 atom stereocenters. The minimum Gasteiger partial charge on any atom is -0.265 e. The summed E-state index contributed by atoms with van der Waals surface area (Å²) in [5.74, 6) is -51.6. The van der Waals surface area contributed by atoms with Crippen molar-refractivity contribution in [1.29, 1.82) is 0 Å². The van der Waals surface area contributed by atoms with Crippen LogP contribution in [0.3, 0.4) is 0 Å². The van der Waals surface area contributed by atoms with E-state index in [0.29, 0.717) is 0 Å². The second-order valence-corrected chi connectivity index (χ2v) is 8.10. The summed E-state index contributed by atoms with van der Waals surface area (Å²) in [6.07, 6.45) is -8.30. The molecule has 0 fully saturated rings. The molecule has 0 aliphatic heterocycles. The van der Waals surface area contributed by atoms with Crippen molar-refractivity contribution in [3.05, 3.63) is 0 Å². The van der Waals surface area contributed by atoms with Crippen molar-refractivity contribution in [1.82, 2.24) is 0 Å². The number of hydrogen-bond donors (Lipinski definition) is 0. The summed E-state index contributed by atoms with van der Waals surface area (Å²) in [5, 5.41) is -7.61. The van der Waals surface area contributed by atoms with Crippen LogP contribution in [0.1, 0.15) is 26.2 Å². The van der Waals surface area contributed by atoms with Crippen molar-refractivity contribution >= 4 is 10.1 Å². The lowest BCUT2D eigenvalue weighted by Crippen LogP contribution is -2.75. The van der Waals surface area contributed by atoms with Gasteiger partial charge < -0.3 is 0 Å². The molecule has 0 heterocycles. The highest BCUT2D eigenvalue weighted by Crippen LogP contribution is 2.64. The topological polar surface area (TPSA) is 43.4 Å². The summed E-state index contributed by atoms with van der Waals surface area (Å²) < 4.78 is 247. The van der Waals surface area contributed by atoms with Crippen molar-refractivity contribution in [3.8, 4) is 0 Å². The lowest BCUT2D eigenvalue weighted by Gasteiger charge is -2.42. The van der Waals surface area contributed by atoms with Crippen LogP contribution in [-0.2, 0) is 14.3 Å². The van der Waals surface area contributed by atoms with E-state index in [4.69, 9.17) is 0 Å². The van der Waals surface area contributed by atoms with Crippen molar-refractivity contribution in [2.45, 2.75) is 73.2 Å². The molecule has 0 unspecified atom stereocenters. The molecule has 0 spiro atoms. The highest BCUT2D eigenvalue weighted by Gasteiger charge is 2.96. The zero-order chi connectivity index (χ0) is 28.0. The Bertz CT molecular complexity index is 815. The Balaban J connectivity index is 6.66. The van der Waals surface area contributed by atoms with Crippen LogP contribution in [0.2, 0.25) is 0 Å². The summed E-state index contributed by atoms with van der Waals surface area (Å²) in [7, 11) is -7.43. The van der Waals surface area contributed by atoms with E-state index in [9.17, 15) is 83.1 Å². The normalized spacial score (nSPS) is 16.2. The van der Waals surface area contributed by atoms with Gasteiger partial charge in [0.2, 0.25) is 0 Å². The standard InChI is InChI=1S/C13H11F17O3S/c1-2-3-4-5-33-34(31,32)13(29,30)11(24,25)9(20,21)7(16,17)6(14,15)8(18,19)10(22,23)12(26,27)28/h2-5H2,1H3. The van der Waals surface area contributed by atoms with E-state index in [1.54, 1.807) is 0 Å². The van der Waals surface area contributed by atoms with Crippen LogP contribution in [0.5, 0.6) is 0 Å². The highest BCUT2D eigenvalue weighted by molar-refractivity contribution is 7.87. The molecule has 0 saturated heterocycles. The Kier molecular flexibility index (Phi) is 8.65. The SMILES string of the molecule is CCCCCOS(=O)(=O)C(F)(F)C(F)(F)C(F)(F)C(F)(F)C(F)(F)C(F)(F)C(F)(F)C(F)(F)F. The molecule has 34 heavy (non-hydrogen) atoms. The third kappa shape index (κ3) is 4.49. The minimum absolute atomic E-state index is 0.0690. The molecule has 0 saturated carbocycles. The molecule has 0 aromatic rings. The second-order valence-electron chi connectivity index (χ2n) is 6.44. The monoisotopic (exact) mass is 570 g/mol. The lowest BCUT2D eigenvalue weighted by atomic mass is 9.91. The number of halogens is 17. The van der Waals surface area contributed by atoms with Crippen LogP contribution in [0.15, 0.2) is 0 Å². The summed E-state index contributed by atoms with van der Waals surface area (Å²) in [4.78, 5) is 0. The predicted molar refractivity (Wildman–Crippen MR) is 75.1 cm³/mol. The van der Waals surface area contributed by atoms with Crippen LogP contribution in [0.4, 0.5) is 74.6 Å². The Morgan fingerprint density at radius 1 is 0.529 bits per heavy atom. The first kappa shape index (κ1) is 32.7. The largest absolute Gasteiger partial charge is 0.460 e. The van der Waals surface area contributed by atoms with Gasteiger partial charge in [-0.1, -0.05) is 19.8 Å². The fraction of sp³-hybridized carbons (Fsp3) is 1.00. The van der Waals surface area contributed by atoms with Gasteiger partial charge in [0.1, 0.15) is 0 Å². The fourth-order valence-corrected chi connectivity index (χ4v) is 2.83. The van der Waals surface area contributed by atoms with Gasteiger partial charge in [-0.25, -0.2) is 0 Å². The average Bonchev–Trinajstić information content (AvgIpc) is 2.63. The van der Waals surface area contributed by atoms with E-state index in [-0.39, 0.29) is 12.8 Å². The zero-order valence-corrected chi connectivity index (χ0v) is 16.7. The van der Waals surface area contributed by atoms with E-state index in [2.05, 4.69) is 4.18 Å². The first-order valence-corrected chi connectivity index (χ1v) is 9.57. The molecular weight excluding hydrogens is 559 g/mol. The van der Waals surface area contributed by atoms with Crippen molar-refractivity contribution in [2.75, 3.05) is 6.61 Å². The van der Waals surface area contributed by atoms with E-state index < -0.39 is 70.1 Å². The zero-order valence-electron chi connectivity index (χ0n) is 15.9. The van der Waals surface area contributed by atoms with Crippen LogP contribution in [-0.4, -0.2) is 62.0 Å². The van der Waals surface area contributed by atoms with Crippen LogP contribution >= 0.6 is 0 Å². The molecule has 21 heteroatoms. The summed E-state index contributed by atoms with van der Waals surface area (Å²) in [6, 6.07) is 0. The highest BCUT2D eigenvalue weighted by atomic mass is 32.2. The molecule has 0 rings (SSSR count). The van der Waals surface area contributed by atoms with Gasteiger partial charge in [0, 0.05) is 0 Å². The number of alkyl halides is 17. The third-order valence-electron chi connectivity index (χ3n) is 3.99. The maximum atomic E-state index is 13.6. The maximum Gasteiger partial charge on any atom is 0.460 e. The molecule has 3 nitrogen and oxygen atoms in total. The molecule has 0 radical (unpaired) electrons. The Morgan fingerprint density at radius 2 is 0.853 bits per heavy atom. The van der Waals surface area contributed by atoms with E-state index in [1.165, 1.54) is 6.92 Å². The molecule has 0 aliphatic carbocycles. The number of rotatable bonds is 12. The number of hydrogen-bond acceptors (Lipinski definition) is 3. The molecule has 0 aromatic heterocycles. The van der Waals surface area contributed by atoms with Gasteiger partial charge in [-0.3, -0.25) is 4.18 Å². The van der Waals surface area contributed by atoms with Crippen molar-refractivity contribution in [3.63, 3.8) is 0 Å². The summed E-state index contributed by atoms with van der Waals surface area (Å²) in [5.41, 5.74) is 0. The average molecular weight is 570 g/mol. The third-order valence-corrected chi connectivity index (χ3v) is 5.35. The van der Waals surface area contributed by atoms with E-state index in [0.717, 1.165) is 0 Å². The summed E-state index contributed by atoms with van der Waals surface area (Å²) >= 11 is 0. The Morgan fingerprint density at radius 3 is 1.18 bits per heavy atom. The predicted octanol–water partition coefficient (Wildman–Crippen LogP) is 6.49.